The number of hydrogen-bond acceptors (Lipinski definition) is 11. The molecule has 3 aliphatic carbocycles. The van der Waals surface area contributed by atoms with E-state index in [0.29, 0.717) is 18.4 Å². The monoisotopic (exact) mass is 745 g/mol. The van der Waals surface area contributed by atoms with Crippen molar-refractivity contribution < 1.29 is 47.5 Å². The minimum Gasteiger partial charge on any atom is -0.462 e. The number of ketones is 1. The third-order valence-corrected chi connectivity index (χ3v) is 13.7. The minimum absolute atomic E-state index is 0.0364. The maximum absolute atomic E-state index is 14.7. The summed E-state index contributed by atoms with van der Waals surface area (Å²) in [5.41, 5.74) is 2.07. The quantitative estimate of drug-likeness (QED) is 0.209. The molecule has 6 aliphatic rings. The Morgan fingerprint density at radius 1 is 0.811 bits per heavy atom. The predicted octanol–water partition coefficient (Wildman–Crippen LogP) is 5.88. The Kier molecular flexibility index (Phi) is 13.6. The molecular weight excluding hydrogens is 678 g/mol. The van der Waals surface area contributed by atoms with E-state index in [9.17, 15) is 9.59 Å². The second-order valence-corrected chi connectivity index (χ2v) is 17.0. The number of rotatable bonds is 9. The number of allylic oxidation sites excluding steroid dienone is 4. The van der Waals surface area contributed by atoms with E-state index in [0.717, 1.165) is 50.5 Å². The van der Waals surface area contributed by atoms with Crippen molar-refractivity contribution in [3.8, 4) is 0 Å². The van der Waals surface area contributed by atoms with Gasteiger partial charge in [0.25, 0.3) is 0 Å². The van der Waals surface area contributed by atoms with Crippen LogP contribution in [-0.2, 0) is 47.5 Å². The molecule has 53 heavy (non-hydrogen) atoms. The number of fused-ring (bicyclic) bond motifs is 5. The van der Waals surface area contributed by atoms with E-state index in [-0.39, 0.29) is 96.8 Å². The normalized spacial score (nSPS) is 45.3. The molecule has 3 saturated heterocycles. The van der Waals surface area contributed by atoms with E-state index in [1.165, 1.54) is 5.57 Å². The van der Waals surface area contributed by atoms with Gasteiger partial charge in [0.05, 0.1) is 30.8 Å². The summed E-state index contributed by atoms with van der Waals surface area (Å²) in [6.45, 7) is 10.4. The van der Waals surface area contributed by atoms with Crippen molar-refractivity contribution >= 4 is 11.8 Å². The number of hydrogen-bond donors (Lipinski definition) is 0. The lowest BCUT2D eigenvalue weighted by molar-refractivity contribution is -0.314. The summed E-state index contributed by atoms with van der Waals surface area (Å²) in [5.74, 6) is 0.00947. The van der Waals surface area contributed by atoms with Gasteiger partial charge in [-0.15, -0.1) is 0 Å². The average Bonchev–Trinajstić information content (AvgIpc) is 3.71. The van der Waals surface area contributed by atoms with Crippen LogP contribution in [0.5, 0.6) is 0 Å². The second-order valence-electron chi connectivity index (χ2n) is 17.0. The third kappa shape index (κ3) is 8.53. The lowest BCUT2D eigenvalue weighted by atomic mass is 9.67. The van der Waals surface area contributed by atoms with Crippen LogP contribution >= 0.6 is 0 Å². The van der Waals surface area contributed by atoms with Gasteiger partial charge in [-0.05, 0) is 115 Å². The van der Waals surface area contributed by atoms with Crippen molar-refractivity contribution in [2.24, 2.45) is 35.5 Å². The molecule has 0 amide bonds. The summed E-state index contributed by atoms with van der Waals surface area (Å²) in [6.07, 6.45) is 8.58. The van der Waals surface area contributed by atoms with E-state index in [2.05, 4.69) is 51.9 Å². The number of esters is 1. The largest absolute Gasteiger partial charge is 0.462 e. The molecule has 1 saturated carbocycles. The highest BCUT2D eigenvalue weighted by Crippen LogP contribution is 2.56. The molecule has 0 aromatic heterocycles. The highest BCUT2D eigenvalue weighted by molar-refractivity contribution is 5.99. The van der Waals surface area contributed by atoms with Gasteiger partial charge in [-0.2, -0.15) is 0 Å². The molecule has 0 aromatic carbocycles. The zero-order valence-corrected chi connectivity index (χ0v) is 33.9. The van der Waals surface area contributed by atoms with Crippen LogP contribution in [0.2, 0.25) is 0 Å². The molecule has 0 bridgehead atoms. The second kappa shape index (κ2) is 17.6. The van der Waals surface area contributed by atoms with Gasteiger partial charge in [-0.3, -0.25) is 9.59 Å². The van der Waals surface area contributed by atoms with E-state index in [1.54, 1.807) is 21.3 Å². The zero-order chi connectivity index (χ0) is 38.1. The molecule has 0 radical (unpaired) electrons. The van der Waals surface area contributed by atoms with Gasteiger partial charge in [-0.25, -0.2) is 0 Å². The molecule has 6 rings (SSSR count). The van der Waals surface area contributed by atoms with Crippen molar-refractivity contribution in [2.75, 3.05) is 35.4 Å². The number of Topliss-reactive ketones (excluding diaryl/α,β-unsaturated/α-hetero) is 1. The van der Waals surface area contributed by atoms with Crippen LogP contribution in [0, 0.1) is 35.5 Å². The Balaban J connectivity index is 1.23. The van der Waals surface area contributed by atoms with Gasteiger partial charge >= 0.3 is 5.97 Å². The predicted molar refractivity (Wildman–Crippen MR) is 199 cm³/mol. The molecule has 11 heteroatoms. The van der Waals surface area contributed by atoms with Crippen LogP contribution in [0.25, 0.3) is 0 Å². The molecule has 11 nitrogen and oxygen atoms in total. The van der Waals surface area contributed by atoms with Crippen LogP contribution in [0.3, 0.4) is 0 Å². The highest BCUT2D eigenvalue weighted by atomic mass is 16.7. The Bertz CT molecular complexity index is 1330. The summed E-state index contributed by atoms with van der Waals surface area (Å²) >= 11 is 0. The van der Waals surface area contributed by atoms with Crippen molar-refractivity contribution in [1.82, 2.24) is 4.90 Å². The zero-order valence-electron chi connectivity index (χ0n) is 33.9. The summed E-state index contributed by atoms with van der Waals surface area (Å²) in [4.78, 5) is 30.5. The fraction of sp³-hybridized carbons (Fsp3) is 0.857. The van der Waals surface area contributed by atoms with Gasteiger partial charge in [0, 0.05) is 39.2 Å². The summed E-state index contributed by atoms with van der Waals surface area (Å²) in [7, 11) is 9.16. The molecular formula is C42H67NO10. The first-order valence-corrected chi connectivity index (χ1v) is 20.4. The SMILES string of the molecule is CC[C@H]1CCC[C@H](O[C@H]2CC[C@H](N(C)C)[C@@H](C)O2)[C@@H](C)C(=O)C2=C[C@@H]3[C@@H](C=C(C)[C@@H]4C[C@@H](O[C@@H]5O[C@@H](C)[C@H](OC)[C@@H](OC)[C@H]5OC)C[C@@H]34)[C@H]2CC(=O)O1. The molecule has 0 spiro atoms. The first-order chi connectivity index (χ1) is 25.4. The number of likely N-dealkylation sites (N-methyl/N-ethyl adjacent to an activating group) is 1. The molecule has 0 unspecified atom stereocenters. The van der Waals surface area contributed by atoms with E-state index < -0.39 is 12.4 Å². The van der Waals surface area contributed by atoms with Crippen molar-refractivity contribution in [1.29, 1.82) is 0 Å². The van der Waals surface area contributed by atoms with E-state index in [1.807, 2.05) is 13.8 Å². The fourth-order valence-corrected chi connectivity index (χ4v) is 10.8. The standard InChI is InChI=1S/C42H67NO10/c1-11-26-13-12-14-35(53-37-16-15-34(43(6)7)24(4)49-37)23(3)38(45)33-20-31-29(32(33)21-36(44)51-26)17-22(2)28-18-27(19-30(28)31)52-42-41(48-10)40(47-9)39(46-8)25(5)50-42/h17,20,23-32,34-35,37,39-42H,11-16,18-19,21H2,1-10H3/t23-,24-,25+,26+,27-,28+,29-,30-,31-,32-,34+,35+,37+,39+,40-,41-,42+/m1/s1. The summed E-state index contributed by atoms with van der Waals surface area (Å²) < 4.78 is 49.8. The molecule has 0 N–H and O–H groups in total. The van der Waals surface area contributed by atoms with Crippen LogP contribution in [0.1, 0.15) is 92.4 Å². The number of nitrogens with zero attached hydrogens (tertiary/aromatic N) is 1. The van der Waals surface area contributed by atoms with Gasteiger partial charge in [0.15, 0.2) is 18.4 Å². The number of carbonyl (C=O) groups is 2. The smallest absolute Gasteiger partial charge is 0.306 e. The number of methoxy groups -OCH3 is 3. The lowest BCUT2D eigenvalue weighted by Crippen LogP contribution is -2.59. The van der Waals surface area contributed by atoms with Gasteiger partial charge in [0.2, 0.25) is 0 Å². The Hall–Kier alpha value is -1.70. The molecule has 4 fully saturated rings. The van der Waals surface area contributed by atoms with Crippen molar-refractivity contribution in [3.63, 3.8) is 0 Å². The molecule has 300 valence electrons. The van der Waals surface area contributed by atoms with Gasteiger partial charge in [0.1, 0.15) is 24.4 Å². The molecule has 17 atom stereocenters. The van der Waals surface area contributed by atoms with E-state index >= 15 is 0 Å². The minimum atomic E-state index is -0.598. The summed E-state index contributed by atoms with van der Waals surface area (Å²) in [5, 5.41) is 0. The number of ether oxygens (including phenoxy) is 8. The Morgan fingerprint density at radius 2 is 1.55 bits per heavy atom. The number of carbonyl (C=O) groups excluding carboxylic acids is 2. The van der Waals surface area contributed by atoms with Crippen LogP contribution in [0.4, 0.5) is 0 Å². The van der Waals surface area contributed by atoms with Gasteiger partial charge < -0.3 is 42.8 Å². The Morgan fingerprint density at radius 3 is 2.21 bits per heavy atom. The number of cyclic esters (lactones) is 1. The first-order valence-electron chi connectivity index (χ1n) is 20.4. The maximum Gasteiger partial charge on any atom is 0.306 e. The van der Waals surface area contributed by atoms with E-state index in [4.69, 9.17) is 37.9 Å². The van der Waals surface area contributed by atoms with Crippen molar-refractivity contribution in [2.45, 2.75) is 160 Å². The molecule has 3 aliphatic heterocycles. The van der Waals surface area contributed by atoms with Crippen LogP contribution in [0.15, 0.2) is 23.3 Å². The summed E-state index contributed by atoms with van der Waals surface area (Å²) in [6, 6.07) is 0.337. The third-order valence-electron chi connectivity index (χ3n) is 13.7. The fourth-order valence-electron chi connectivity index (χ4n) is 10.8. The highest BCUT2D eigenvalue weighted by Gasteiger charge is 2.53. The van der Waals surface area contributed by atoms with Crippen molar-refractivity contribution in [3.05, 3.63) is 23.3 Å². The van der Waals surface area contributed by atoms with Crippen LogP contribution in [-0.4, -0.2) is 120 Å². The van der Waals surface area contributed by atoms with Gasteiger partial charge in [-0.1, -0.05) is 31.6 Å². The maximum atomic E-state index is 14.7. The topological polar surface area (TPSA) is 111 Å². The lowest BCUT2D eigenvalue weighted by Gasteiger charge is -2.44. The molecule has 0 aromatic rings. The first kappa shape index (κ1) is 40.9. The average molecular weight is 746 g/mol. The molecule has 3 heterocycles. The van der Waals surface area contributed by atoms with Crippen LogP contribution < -0.4 is 0 Å². The Labute approximate surface area is 317 Å².